The Labute approximate surface area is 126 Å². The predicted molar refractivity (Wildman–Crippen MR) is 83.8 cm³/mol. The number of aliphatic hydroxyl groups is 1. The Bertz CT molecular complexity index is 547. The summed E-state index contributed by atoms with van der Waals surface area (Å²) < 4.78 is 23.1. The molecule has 0 aromatic heterocycles. The molecule has 1 aliphatic rings. The fourth-order valence-electron chi connectivity index (χ4n) is 2.70. The number of nitrogens with zero attached hydrogens (tertiary/aromatic N) is 1. The quantitative estimate of drug-likeness (QED) is 0.802. The number of rotatable bonds is 5. The molecule has 6 heteroatoms. The molecule has 1 aromatic rings. The van der Waals surface area contributed by atoms with Gasteiger partial charge in [0, 0.05) is 25.2 Å². The average Bonchev–Trinajstić information content (AvgIpc) is 2.42. The lowest BCUT2D eigenvalue weighted by atomic mass is 10.0. The van der Waals surface area contributed by atoms with E-state index in [4.69, 9.17) is 5.73 Å². The Morgan fingerprint density at radius 3 is 2.67 bits per heavy atom. The highest BCUT2D eigenvalue weighted by Crippen LogP contribution is 2.13. The zero-order valence-corrected chi connectivity index (χ0v) is 13.2. The van der Waals surface area contributed by atoms with Crippen LogP contribution >= 0.6 is 0 Å². The smallest absolute Gasteiger partial charge is 0.153 e. The van der Waals surface area contributed by atoms with Crippen molar-refractivity contribution in [2.24, 2.45) is 5.73 Å². The van der Waals surface area contributed by atoms with Crippen LogP contribution in [0, 0.1) is 0 Å². The molecule has 0 spiro atoms. The number of β-amino-alcohol motifs (C(OH)–C–C–N with tert-alkyl or cyclic N) is 1. The summed E-state index contributed by atoms with van der Waals surface area (Å²) in [4.78, 5) is 2.01. The van der Waals surface area contributed by atoms with Crippen LogP contribution in [0.4, 0.5) is 0 Å². The summed E-state index contributed by atoms with van der Waals surface area (Å²) >= 11 is 0. The van der Waals surface area contributed by atoms with Crippen molar-refractivity contribution in [2.45, 2.75) is 31.5 Å². The van der Waals surface area contributed by atoms with E-state index < -0.39 is 15.9 Å². The van der Waals surface area contributed by atoms with E-state index in [1.54, 1.807) is 0 Å². The van der Waals surface area contributed by atoms with Crippen LogP contribution in [0.25, 0.3) is 0 Å². The summed E-state index contributed by atoms with van der Waals surface area (Å²) in [5.74, 6) is 0.325. The highest BCUT2D eigenvalue weighted by atomic mass is 32.2. The molecule has 2 rings (SSSR count). The monoisotopic (exact) mass is 312 g/mol. The summed E-state index contributed by atoms with van der Waals surface area (Å²) in [6.45, 7) is 2.77. The van der Waals surface area contributed by atoms with Crippen LogP contribution in [0.15, 0.2) is 30.3 Å². The van der Waals surface area contributed by atoms with Gasteiger partial charge in [0.1, 0.15) is 0 Å². The summed E-state index contributed by atoms with van der Waals surface area (Å²) in [6.07, 6.45) is -0.0452. The molecule has 1 aromatic carbocycles. The standard InChI is InChI=1S/C15H24N2O3S/c1-12-11-21(19,20)8-7-17(12)10-15(18)14(16)9-13-5-3-2-4-6-13/h2-6,12,14-15,18H,7-11,16H2,1H3. The first-order chi connectivity index (χ1) is 9.87. The summed E-state index contributed by atoms with van der Waals surface area (Å²) in [5.41, 5.74) is 7.17. The number of aliphatic hydroxyl groups excluding tert-OH is 1. The molecule has 1 aliphatic heterocycles. The van der Waals surface area contributed by atoms with Gasteiger partial charge in [0.05, 0.1) is 17.6 Å². The lowest BCUT2D eigenvalue weighted by Crippen LogP contribution is -2.52. The second kappa shape index (κ2) is 6.87. The maximum Gasteiger partial charge on any atom is 0.153 e. The molecule has 3 unspecified atom stereocenters. The van der Waals surface area contributed by atoms with Crippen LogP contribution in [0.1, 0.15) is 12.5 Å². The van der Waals surface area contributed by atoms with E-state index in [2.05, 4.69) is 0 Å². The Kier molecular flexibility index (Phi) is 5.37. The van der Waals surface area contributed by atoms with Gasteiger partial charge in [-0.05, 0) is 18.9 Å². The lowest BCUT2D eigenvalue weighted by Gasteiger charge is -2.35. The summed E-state index contributed by atoms with van der Waals surface area (Å²) in [7, 11) is -2.92. The normalized spacial score (nSPS) is 25.4. The fourth-order valence-corrected chi connectivity index (χ4v) is 4.33. The van der Waals surface area contributed by atoms with Gasteiger partial charge in [-0.2, -0.15) is 0 Å². The van der Waals surface area contributed by atoms with Gasteiger partial charge >= 0.3 is 0 Å². The van der Waals surface area contributed by atoms with Gasteiger partial charge < -0.3 is 10.8 Å². The van der Waals surface area contributed by atoms with Crippen molar-refractivity contribution < 1.29 is 13.5 Å². The van der Waals surface area contributed by atoms with E-state index >= 15 is 0 Å². The maximum absolute atomic E-state index is 11.6. The van der Waals surface area contributed by atoms with Crippen LogP contribution in [-0.2, 0) is 16.3 Å². The summed E-state index contributed by atoms with van der Waals surface area (Å²) in [6, 6.07) is 9.41. The molecule has 3 atom stereocenters. The van der Waals surface area contributed by atoms with Crippen molar-refractivity contribution in [2.75, 3.05) is 24.6 Å². The second-order valence-electron chi connectivity index (χ2n) is 5.88. The minimum absolute atomic E-state index is 0.0673. The van der Waals surface area contributed by atoms with Gasteiger partial charge in [0.15, 0.2) is 9.84 Å². The fraction of sp³-hybridized carbons (Fsp3) is 0.600. The zero-order chi connectivity index (χ0) is 15.5. The molecule has 3 N–H and O–H groups in total. The molecular weight excluding hydrogens is 288 g/mol. The van der Waals surface area contributed by atoms with Crippen LogP contribution in [0.5, 0.6) is 0 Å². The first-order valence-electron chi connectivity index (χ1n) is 7.29. The summed E-state index contributed by atoms with van der Waals surface area (Å²) in [5, 5.41) is 10.3. The maximum atomic E-state index is 11.6. The molecule has 5 nitrogen and oxygen atoms in total. The van der Waals surface area contributed by atoms with Gasteiger partial charge in [-0.1, -0.05) is 30.3 Å². The third kappa shape index (κ3) is 4.78. The lowest BCUT2D eigenvalue weighted by molar-refractivity contribution is 0.0783. The van der Waals surface area contributed by atoms with Gasteiger partial charge in [0.2, 0.25) is 0 Å². The van der Waals surface area contributed by atoms with Crippen molar-refractivity contribution in [3.05, 3.63) is 35.9 Å². The topological polar surface area (TPSA) is 83.6 Å². The van der Waals surface area contributed by atoms with E-state index in [0.717, 1.165) is 5.56 Å². The molecular formula is C15H24N2O3S. The molecule has 0 saturated carbocycles. The molecule has 1 heterocycles. The first kappa shape index (κ1) is 16.4. The van der Waals surface area contributed by atoms with Crippen LogP contribution in [0.3, 0.4) is 0 Å². The van der Waals surface area contributed by atoms with E-state index in [9.17, 15) is 13.5 Å². The van der Waals surface area contributed by atoms with Crippen molar-refractivity contribution in [3.8, 4) is 0 Å². The van der Waals surface area contributed by atoms with E-state index in [1.165, 1.54) is 0 Å². The van der Waals surface area contributed by atoms with Crippen molar-refractivity contribution in [3.63, 3.8) is 0 Å². The number of hydrogen-bond donors (Lipinski definition) is 2. The number of benzene rings is 1. The van der Waals surface area contributed by atoms with Gasteiger partial charge in [-0.3, -0.25) is 4.90 Å². The van der Waals surface area contributed by atoms with Crippen LogP contribution in [0.2, 0.25) is 0 Å². The number of sulfone groups is 1. The highest BCUT2D eigenvalue weighted by Gasteiger charge is 2.30. The Morgan fingerprint density at radius 2 is 2.05 bits per heavy atom. The SMILES string of the molecule is CC1CS(=O)(=O)CCN1CC(O)C(N)Cc1ccccc1. The number of nitrogens with two attached hydrogens (primary N) is 1. The molecule has 118 valence electrons. The third-order valence-electron chi connectivity index (χ3n) is 4.04. The molecule has 0 amide bonds. The predicted octanol–water partition coefficient (Wildman–Crippen LogP) is 0.0362. The first-order valence-corrected chi connectivity index (χ1v) is 9.11. The van der Waals surface area contributed by atoms with Gasteiger partial charge in [0.25, 0.3) is 0 Å². The third-order valence-corrected chi connectivity index (χ3v) is 5.83. The highest BCUT2D eigenvalue weighted by molar-refractivity contribution is 7.91. The van der Waals surface area contributed by atoms with Crippen molar-refractivity contribution in [1.29, 1.82) is 0 Å². The number of hydrogen-bond acceptors (Lipinski definition) is 5. The van der Waals surface area contributed by atoms with Crippen molar-refractivity contribution >= 4 is 9.84 Å². The Hall–Kier alpha value is -0.950. The van der Waals surface area contributed by atoms with Crippen molar-refractivity contribution in [1.82, 2.24) is 4.90 Å². The zero-order valence-electron chi connectivity index (χ0n) is 12.4. The average molecular weight is 312 g/mol. The van der Waals surface area contributed by atoms with Crippen LogP contribution in [-0.4, -0.2) is 61.2 Å². The minimum Gasteiger partial charge on any atom is -0.390 e. The Morgan fingerprint density at radius 1 is 1.38 bits per heavy atom. The van der Waals surface area contributed by atoms with E-state index in [0.29, 0.717) is 19.5 Å². The molecule has 1 fully saturated rings. The largest absolute Gasteiger partial charge is 0.390 e. The second-order valence-corrected chi connectivity index (χ2v) is 8.11. The molecule has 21 heavy (non-hydrogen) atoms. The van der Waals surface area contributed by atoms with E-state index in [-0.39, 0.29) is 23.6 Å². The van der Waals surface area contributed by atoms with Crippen LogP contribution < -0.4 is 5.73 Å². The molecule has 1 saturated heterocycles. The molecule has 0 bridgehead atoms. The van der Waals surface area contributed by atoms with E-state index in [1.807, 2.05) is 42.2 Å². The van der Waals surface area contributed by atoms with Gasteiger partial charge in [-0.25, -0.2) is 8.42 Å². The van der Waals surface area contributed by atoms with Gasteiger partial charge in [-0.15, -0.1) is 0 Å². The Balaban J connectivity index is 1.87. The minimum atomic E-state index is -2.92. The molecule has 0 radical (unpaired) electrons. The molecule has 0 aliphatic carbocycles.